The summed E-state index contributed by atoms with van der Waals surface area (Å²) < 4.78 is 4.80. The van der Waals surface area contributed by atoms with E-state index in [-0.39, 0.29) is 0 Å². The molecular weight excluding hydrogens is 426 g/mol. The first-order valence-electron chi connectivity index (χ1n) is 12.5. The van der Waals surface area contributed by atoms with Crippen LogP contribution < -0.4 is 0 Å². The molecule has 0 saturated carbocycles. The maximum atomic E-state index is 5.16. The highest BCUT2D eigenvalue weighted by Gasteiger charge is 2.26. The Morgan fingerprint density at radius 3 is 2.03 bits per heavy atom. The molecule has 0 unspecified atom stereocenters. The van der Waals surface area contributed by atoms with E-state index in [1.165, 1.54) is 38.6 Å². The van der Waals surface area contributed by atoms with Gasteiger partial charge in [0, 0.05) is 28.9 Å². The van der Waals surface area contributed by atoms with Gasteiger partial charge < -0.3 is 4.57 Å². The van der Waals surface area contributed by atoms with Gasteiger partial charge >= 0.3 is 0 Å². The van der Waals surface area contributed by atoms with Crippen LogP contribution in [0, 0.1) is 0 Å². The molecule has 2 aromatic heterocycles. The Balaban J connectivity index is 1.88. The number of imidazole rings is 1. The lowest BCUT2D eigenvalue weighted by Crippen LogP contribution is -2.08. The van der Waals surface area contributed by atoms with Crippen LogP contribution in [0.2, 0.25) is 0 Å². The second kappa shape index (κ2) is 8.13. The number of rotatable bonds is 4. The zero-order valence-corrected chi connectivity index (χ0v) is 21.1. The molecule has 0 atom stereocenters. The predicted molar refractivity (Wildman–Crippen MR) is 149 cm³/mol. The molecule has 4 aromatic carbocycles. The van der Waals surface area contributed by atoms with Gasteiger partial charge in [-0.2, -0.15) is 0 Å². The number of aryl methyl sites for hydroxylation is 1. The standard InChI is InChI=1S/C32H31N3/c1-20(2)24-19-25(21(3)4)30(31-29(24)23-15-9-11-17-27(23)34(31)5)35-28-18-12-10-16-26(28)33-32(35)22-13-7-6-8-14-22/h6-21H,1-5H3. The number of hydrogen-bond acceptors (Lipinski definition) is 1. The molecule has 0 aliphatic carbocycles. The average molecular weight is 458 g/mol. The third-order valence-electron chi connectivity index (χ3n) is 7.26. The van der Waals surface area contributed by atoms with Crippen molar-refractivity contribution in [2.75, 3.05) is 0 Å². The van der Waals surface area contributed by atoms with Gasteiger partial charge in [0.05, 0.1) is 22.2 Å². The van der Waals surface area contributed by atoms with Crippen LogP contribution in [0.3, 0.4) is 0 Å². The van der Waals surface area contributed by atoms with E-state index in [1.807, 2.05) is 0 Å². The SMILES string of the molecule is CC(C)c1cc(C(C)C)c2c3ccccc3n(C)c2c1-n1c(-c2ccccc2)nc2ccccc21. The van der Waals surface area contributed by atoms with E-state index in [4.69, 9.17) is 4.98 Å². The van der Waals surface area contributed by atoms with Crippen LogP contribution in [0.1, 0.15) is 50.7 Å². The molecule has 0 N–H and O–H groups in total. The van der Waals surface area contributed by atoms with Crippen LogP contribution in [0.15, 0.2) is 84.9 Å². The Morgan fingerprint density at radius 2 is 1.31 bits per heavy atom. The lowest BCUT2D eigenvalue weighted by molar-refractivity contribution is 0.829. The van der Waals surface area contributed by atoms with Crippen molar-refractivity contribution < 1.29 is 0 Å². The summed E-state index contributed by atoms with van der Waals surface area (Å²) in [7, 11) is 2.21. The fourth-order valence-electron chi connectivity index (χ4n) is 5.57. The second-order valence-electron chi connectivity index (χ2n) is 10.1. The first kappa shape index (κ1) is 21.7. The highest BCUT2D eigenvalue weighted by atomic mass is 15.1. The molecule has 0 radical (unpaired) electrons. The monoisotopic (exact) mass is 457 g/mol. The van der Waals surface area contributed by atoms with Gasteiger partial charge in [0.1, 0.15) is 5.82 Å². The number of nitrogens with zero attached hydrogens (tertiary/aromatic N) is 3. The summed E-state index contributed by atoms with van der Waals surface area (Å²) in [5.74, 6) is 1.76. The van der Waals surface area contributed by atoms with Gasteiger partial charge in [-0.25, -0.2) is 4.98 Å². The van der Waals surface area contributed by atoms with Crippen LogP contribution >= 0.6 is 0 Å². The molecule has 0 amide bonds. The Morgan fingerprint density at radius 1 is 0.686 bits per heavy atom. The van der Waals surface area contributed by atoms with E-state index in [0.717, 1.165) is 22.4 Å². The molecule has 35 heavy (non-hydrogen) atoms. The summed E-state index contributed by atoms with van der Waals surface area (Å²) >= 11 is 0. The molecule has 6 aromatic rings. The zero-order valence-electron chi connectivity index (χ0n) is 21.1. The Hall–Kier alpha value is -3.85. The molecule has 3 heteroatoms. The first-order valence-corrected chi connectivity index (χ1v) is 12.5. The lowest BCUT2D eigenvalue weighted by atomic mass is 9.89. The van der Waals surface area contributed by atoms with Gasteiger partial charge in [-0.15, -0.1) is 0 Å². The zero-order chi connectivity index (χ0) is 24.3. The van der Waals surface area contributed by atoms with E-state index >= 15 is 0 Å². The number of benzene rings is 4. The molecule has 0 fully saturated rings. The third-order valence-corrected chi connectivity index (χ3v) is 7.26. The quantitative estimate of drug-likeness (QED) is 0.260. The van der Waals surface area contributed by atoms with Gasteiger partial charge in [-0.05, 0) is 41.2 Å². The predicted octanol–water partition coefficient (Wildman–Crippen LogP) is 8.58. The van der Waals surface area contributed by atoms with Crippen LogP contribution in [0.25, 0.3) is 49.9 Å². The summed E-state index contributed by atoms with van der Waals surface area (Å²) in [6.07, 6.45) is 0. The molecule has 174 valence electrons. The highest BCUT2D eigenvalue weighted by Crippen LogP contribution is 2.43. The van der Waals surface area contributed by atoms with Crippen LogP contribution in [0.5, 0.6) is 0 Å². The van der Waals surface area contributed by atoms with Crippen molar-refractivity contribution in [3.05, 3.63) is 96.1 Å². The third kappa shape index (κ3) is 3.22. The Kier molecular flexibility index (Phi) is 5.03. The number of para-hydroxylation sites is 3. The van der Waals surface area contributed by atoms with Crippen molar-refractivity contribution >= 4 is 32.8 Å². The molecule has 2 heterocycles. The molecule has 0 aliphatic heterocycles. The van der Waals surface area contributed by atoms with Crippen molar-refractivity contribution in [3.63, 3.8) is 0 Å². The van der Waals surface area contributed by atoms with Crippen molar-refractivity contribution in [3.8, 4) is 17.1 Å². The van der Waals surface area contributed by atoms with E-state index in [1.54, 1.807) is 0 Å². The fraction of sp³-hybridized carbons (Fsp3) is 0.219. The Labute approximate surface area is 206 Å². The van der Waals surface area contributed by atoms with E-state index in [9.17, 15) is 0 Å². The van der Waals surface area contributed by atoms with Gasteiger partial charge in [0.25, 0.3) is 0 Å². The summed E-state index contributed by atoms with van der Waals surface area (Å²) in [5, 5.41) is 2.67. The number of fused-ring (bicyclic) bond motifs is 4. The minimum absolute atomic E-state index is 0.356. The summed E-state index contributed by atoms with van der Waals surface area (Å²) in [5.41, 5.74) is 9.82. The van der Waals surface area contributed by atoms with Crippen molar-refractivity contribution in [1.29, 1.82) is 0 Å². The topological polar surface area (TPSA) is 22.8 Å². The van der Waals surface area contributed by atoms with Gasteiger partial charge in [-0.3, -0.25) is 4.57 Å². The largest absolute Gasteiger partial charge is 0.342 e. The van der Waals surface area contributed by atoms with Crippen molar-refractivity contribution in [2.45, 2.75) is 39.5 Å². The van der Waals surface area contributed by atoms with Gasteiger partial charge in [-0.1, -0.05) is 94.4 Å². The van der Waals surface area contributed by atoms with Crippen LogP contribution in [-0.2, 0) is 7.05 Å². The summed E-state index contributed by atoms with van der Waals surface area (Å²) in [6, 6.07) is 30.4. The molecule has 0 bridgehead atoms. The summed E-state index contributed by atoms with van der Waals surface area (Å²) in [4.78, 5) is 5.16. The van der Waals surface area contributed by atoms with Crippen molar-refractivity contribution in [2.24, 2.45) is 7.05 Å². The molecule has 0 aliphatic rings. The molecular formula is C32H31N3. The van der Waals surface area contributed by atoms with Crippen molar-refractivity contribution in [1.82, 2.24) is 14.1 Å². The normalized spacial score (nSPS) is 12.1. The van der Waals surface area contributed by atoms with E-state index < -0.39 is 0 Å². The number of aromatic nitrogens is 3. The van der Waals surface area contributed by atoms with E-state index in [0.29, 0.717) is 11.8 Å². The lowest BCUT2D eigenvalue weighted by Gasteiger charge is -2.22. The minimum atomic E-state index is 0.356. The maximum Gasteiger partial charge on any atom is 0.145 e. The van der Waals surface area contributed by atoms with Crippen LogP contribution in [-0.4, -0.2) is 14.1 Å². The molecule has 3 nitrogen and oxygen atoms in total. The number of hydrogen-bond donors (Lipinski definition) is 0. The van der Waals surface area contributed by atoms with E-state index in [2.05, 4.69) is 129 Å². The smallest absolute Gasteiger partial charge is 0.145 e. The van der Waals surface area contributed by atoms with Gasteiger partial charge in [0.2, 0.25) is 0 Å². The molecule has 6 rings (SSSR count). The summed E-state index contributed by atoms with van der Waals surface area (Å²) in [6.45, 7) is 9.22. The minimum Gasteiger partial charge on any atom is -0.342 e. The molecule has 0 spiro atoms. The fourth-order valence-corrected chi connectivity index (χ4v) is 5.57. The average Bonchev–Trinajstić information content (AvgIpc) is 3.40. The Bertz CT molecular complexity index is 1700. The maximum absolute atomic E-state index is 5.16. The first-order chi connectivity index (χ1) is 17.0. The van der Waals surface area contributed by atoms with Gasteiger partial charge in [0.15, 0.2) is 0 Å². The molecule has 0 saturated heterocycles. The van der Waals surface area contributed by atoms with Crippen LogP contribution in [0.4, 0.5) is 0 Å². The second-order valence-corrected chi connectivity index (χ2v) is 10.1. The highest BCUT2D eigenvalue weighted by molar-refractivity contribution is 6.13.